The van der Waals surface area contributed by atoms with Crippen molar-refractivity contribution in [3.05, 3.63) is 0 Å². The molecule has 1 radical (unpaired) electrons. The molecule has 0 rings (SSSR count). The first-order valence-corrected chi connectivity index (χ1v) is 3.81. The van der Waals surface area contributed by atoms with E-state index < -0.39 is 12.0 Å². The number of hydrogen-bond acceptors (Lipinski definition) is 3. The van der Waals surface area contributed by atoms with Gasteiger partial charge in [-0.25, -0.2) is 9.90 Å². The zero-order valence-electron chi connectivity index (χ0n) is 7.00. The molecule has 3 N–H and O–H groups in total. The molecule has 1 atom stereocenters. The lowest BCUT2D eigenvalue weighted by atomic mass is 10.1. The van der Waals surface area contributed by atoms with Crippen LogP contribution < -0.4 is 11.1 Å². The van der Waals surface area contributed by atoms with Crippen LogP contribution in [0.3, 0.4) is 0 Å². The van der Waals surface area contributed by atoms with Gasteiger partial charge in [0.25, 0.3) is 0 Å². The van der Waals surface area contributed by atoms with Gasteiger partial charge in [0, 0.05) is 13.0 Å². The Balaban J connectivity index is 3.54. The highest BCUT2D eigenvalue weighted by Gasteiger charge is 2.14. The number of rotatable bonds is 5. The van der Waals surface area contributed by atoms with E-state index in [0.29, 0.717) is 6.54 Å². The van der Waals surface area contributed by atoms with Gasteiger partial charge in [-0.1, -0.05) is 0 Å². The number of hydrogen-bond donors (Lipinski definition) is 2. The molecular weight excluding hydrogens is 160 g/mol. The smallest absolute Gasteiger partial charge is 0.356 e. The first-order chi connectivity index (χ1) is 5.57. The third-order valence-corrected chi connectivity index (χ3v) is 1.36. The standard InChI is InChI=1S/C7H13N2O3/c1-2-9-6(10)4-3-5(8)7(11)12/h5H,2-4,8H2,1H3,(H,9,10)/t5-/m0/s1. The zero-order chi connectivity index (χ0) is 9.56. The third kappa shape index (κ3) is 4.68. The first-order valence-electron chi connectivity index (χ1n) is 3.81. The summed E-state index contributed by atoms with van der Waals surface area (Å²) in [5.74, 6) is -1.51. The quantitative estimate of drug-likeness (QED) is 0.569. The number of carbonyl (C=O) groups is 2. The summed E-state index contributed by atoms with van der Waals surface area (Å²) in [6.07, 6.45) is 0.247. The van der Waals surface area contributed by atoms with Crippen LogP contribution in [0.4, 0.5) is 0 Å². The predicted molar refractivity (Wildman–Crippen MR) is 41.6 cm³/mol. The average molecular weight is 173 g/mol. The van der Waals surface area contributed by atoms with E-state index in [9.17, 15) is 14.7 Å². The van der Waals surface area contributed by atoms with Crippen molar-refractivity contribution in [1.29, 1.82) is 0 Å². The summed E-state index contributed by atoms with van der Waals surface area (Å²) >= 11 is 0. The molecule has 5 heteroatoms. The monoisotopic (exact) mass is 173 g/mol. The second-order valence-corrected chi connectivity index (χ2v) is 2.42. The van der Waals surface area contributed by atoms with Gasteiger partial charge in [-0.15, -0.1) is 0 Å². The van der Waals surface area contributed by atoms with E-state index in [0.717, 1.165) is 0 Å². The summed E-state index contributed by atoms with van der Waals surface area (Å²) < 4.78 is 0. The summed E-state index contributed by atoms with van der Waals surface area (Å²) in [6.45, 7) is 2.33. The summed E-state index contributed by atoms with van der Waals surface area (Å²) in [5, 5.41) is 12.6. The van der Waals surface area contributed by atoms with Crippen LogP contribution in [0.15, 0.2) is 0 Å². The maximum atomic E-state index is 10.8. The Kier molecular flexibility index (Phi) is 5.03. The van der Waals surface area contributed by atoms with E-state index in [1.807, 2.05) is 0 Å². The fourth-order valence-corrected chi connectivity index (χ4v) is 0.690. The summed E-state index contributed by atoms with van der Waals surface area (Å²) in [4.78, 5) is 20.9. The van der Waals surface area contributed by atoms with Gasteiger partial charge >= 0.3 is 5.97 Å². The largest absolute Gasteiger partial charge is 0.372 e. The van der Waals surface area contributed by atoms with Crippen molar-refractivity contribution in [1.82, 2.24) is 5.32 Å². The highest BCUT2D eigenvalue weighted by Crippen LogP contribution is 1.94. The molecule has 5 nitrogen and oxygen atoms in total. The highest BCUT2D eigenvalue weighted by molar-refractivity contribution is 5.78. The van der Waals surface area contributed by atoms with Crippen molar-refractivity contribution in [2.45, 2.75) is 25.8 Å². The molecule has 0 unspecified atom stereocenters. The fraction of sp³-hybridized carbons (Fsp3) is 0.714. The molecule has 0 aliphatic heterocycles. The second kappa shape index (κ2) is 5.54. The topological polar surface area (TPSA) is 92.1 Å². The molecule has 1 amide bonds. The van der Waals surface area contributed by atoms with E-state index in [1.165, 1.54) is 0 Å². The van der Waals surface area contributed by atoms with Crippen LogP contribution in [-0.2, 0) is 14.7 Å². The van der Waals surface area contributed by atoms with Gasteiger partial charge in [-0.3, -0.25) is 4.79 Å². The van der Waals surface area contributed by atoms with Crippen molar-refractivity contribution >= 4 is 11.9 Å². The SMILES string of the molecule is CCNC(=O)CC[C@H](N)C([O])=O. The average Bonchev–Trinajstić information content (AvgIpc) is 2.00. The molecule has 69 valence electrons. The van der Waals surface area contributed by atoms with Gasteiger partial charge in [-0.05, 0) is 13.3 Å². The Labute approximate surface area is 70.9 Å². The van der Waals surface area contributed by atoms with Gasteiger partial charge in [0.15, 0.2) is 0 Å². The first kappa shape index (κ1) is 10.9. The maximum Gasteiger partial charge on any atom is 0.372 e. The maximum absolute atomic E-state index is 10.8. The molecule has 12 heavy (non-hydrogen) atoms. The predicted octanol–water partition coefficient (Wildman–Crippen LogP) is -0.813. The van der Waals surface area contributed by atoms with Gasteiger partial charge < -0.3 is 11.1 Å². The lowest BCUT2D eigenvalue weighted by Gasteiger charge is -2.03. The van der Waals surface area contributed by atoms with Gasteiger partial charge in [-0.2, -0.15) is 0 Å². The molecule has 0 aromatic rings. The lowest BCUT2D eigenvalue weighted by molar-refractivity contribution is -0.144. The van der Waals surface area contributed by atoms with Crippen LogP contribution in [-0.4, -0.2) is 24.5 Å². The third-order valence-electron chi connectivity index (χ3n) is 1.36. The number of nitrogens with one attached hydrogen (secondary N) is 1. The molecule has 0 aromatic heterocycles. The van der Waals surface area contributed by atoms with Crippen LogP contribution in [0.25, 0.3) is 0 Å². The minimum Gasteiger partial charge on any atom is -0.356 e. The normalized spacial score (nSPS) is 12.2. The van der Waals surface area contributed by atoms with E-state index >= 15 is 0 Å². The summed E-state index contributed by atoms with van der Waals surface area (Å²) in [6, 6.07) is -1.05. The molecule has 0 fully saturated rings. The lowest BCUT2D eigenvalue weighted by Crippen LogP contribution is -2.32. The summed E-state index contributed by atoms with van der Waals surface area (Å²) in [5.41, 5.74) is 5.12. The molecule has 0 heterocycles. The Morgan fingerprint density at radius 2 is 2.08 bits per heavy atom. The number of carbonyl (C=O) groups excluding carboxylic acids is 2. The van der Waals surface area contributed by atoms with Crippen molar-refractivity contribution in [3.63, 3.8) is 0 Å². The molecule has 0 spiro atoms. The van der Waals surface area contributed by atoms with E-state index in [2.05, 4.69) is 5.32 Å². The van der Waals surface area contributed by atoms with Crippen LogP contribution >= 0.6 is 0 Å². The summed E-state index contributed by atoms with van der Waals surface area (Å²) in [7, 11) is 0. The molecule has 0 saturated carbocycles. The molecule has 0 aromatic carbocycles. The van der Waals surface area contributed by atoms with Crippen molar-refractivity contribution in [3.8, 4) is 0 Å². The number of amides is 1. The van der Waals surface area contributed by atoms with E-state index in [1.54, 1.807) is 6.92 Å². The zero-order valence-corrected chi connectivity index (χ0v) is 7.00. The van der Waals surface area contributed by atoms with E-state index in [4.69, 9.17) is 5.73 Å². The van der Waals surface area contributed by atoms with Gasteiger partial charge in [0.2, 0.25) is 5.91 Å². The minimum atomic E-state index is -1.32. The Morgan fingerprint density at radius 3 is 2.50 bits per heavy atom. The number of nitrogens with two attached hydrogens (primary N) is 1. The van der Waals surface area contributed by atoms with Gasteiger partial charge in [0.1, 0.15) is 6.04 Å². The van der Waals surface area contributed by atoms with Crippen LogP contribution in [0.1, 0.15) is 19.8 Å². The minimum absolute atomic E-state index is 0.119. The van der Waals surface area contributed by atoms with Crippen molar-refractivity contribution in [2.24, 2.45) is 5.73 Å². The Bertz CT molecular complexity index is 170. The molecular formula is C7H13N2O3. The molecule has 0 saturated heterocycles. The van der Waals surface area contributed by atoms with Gasteiger partial charge in [0.05, 0.1) is 0 Å². The highest BCUT2D eigenvalue weighted by atomic mass is 16.4. The molecule has 0 bridgehead atoms. The van der Waals surface area contributed by atoms with Crippen molar-refractivity contribution in [2.75, 3.05) is 6.54 Å². The Hall–Kier alpha value is -1.10. The Morgan fingerprint density at radius 1 is 1.50 bits per heavy atom. The second-order valence-electron chi connectivity index (χ2n) is 2.42. The van der Waals surface area contributed by atoms with Crippen molar-refractivity contribution < 1.29 is 14.7 Å². The molecule has 0 aliphatic carbocycles. The van der Waals surface area contributed by atoms with Crippen LogP contribution in [0, 0.1) is 0 Å². The van der Waals surface area contributed by atoms with Crippen LogP contribution in [0.5, 0.6) is 0 Å². The molecule has 0 aliphatic rings. The van der Waals surface area contributed by atoms with Crippen LogP contribution in [0.2, 0.25) is 0 Å². The fourth-order valence-electron chi connectivity index (χ4n) is 0.690. The van der Waals surface area contributed by atoms with E-state index in [-0.39, 0.29) is 18.7 Å².